The van der Waals surface area contributed by atoms with Crippen molar-refractivity contribution in [3.63, 3.8) is 0 Å². The van der Waals surface area contributed by atoms with Crippen LogP contribution in [0.25, 0.3) is 0 Å². The second-order valence-electron chi connectivity index (χ2n) is 5.18. The molecule has 0 aliphatic rings. The summed E-state index contributed by atoms with van der Waals surface area (Å²) in [6.07, 6.45) is 0.461. The van der Waals surface area contributed by atoms with Crippen LogP contribution in [0.2, 0.25) is 0 Å². The highest BCUT2D eigenvalue weighted by molar-refractivity contribution is 7.89. The molecule has 1 heterocycles. The zero-order valence-electron chi connectivity index (χ0n) is 13.0. The molecule has 0 saturated heterocycles. The Hall–Kier alpha value is -1.79. The van der Waals surface area contributed by atoms with Crippen LogP contribution in [0.4, 0.5) is 0 Å². The third kappa shape index (κ3) is 4.61. The van der Waals surface area contributed by atoms with E-state index in [1.54, 1.807) is 7.11 Å². The van der Waals surface area contributed by atoms with Crippen molar-refractivity contribution < 1.29 is 17.6 Å². The molecule has 0 atom stereocenters. The standard InChI is InChI=1S/C16H21NO4S/c1-12-10-15(13(2)21-12)11-17-22(18,19)9-8-14-4-6-16(20-3)7-5-14/h4-7,10,17H,8-9,11H2,1-3H3. The van der Waals surface area contributed by atoms with Crippen LogP contribution >= 0.6 is 0 Å². The molecular weight excluding hydrogens is 302 g/mol. The Morgan fingerprint density at radius 2 is 1.86 bits per heavy atom. The molecule has 5 nitrogen and oxygen atoms in total. The van der Waals surface area contributed by atoms with Crippen molar-refractivity contribution in [1.82, 2.24) is 4.72 Å². The van der Waals surface area contributed by atoms with Gasteiger partial charge in [-0.25, -0.2) is 13.1 Å². The van der Waals surface area contributed by atoms with Gasteiger partial charge in [-0.15, -0.1) is 0 Å². The van der Waals surface area contributed by atoms with Crippen LogP contribution < -0.4 is 9.46 Å². The van der Waals surface area contributed by atoms with E-state index in [1.165, 1.54) is 0 Å². The van der Waals surface area contributed by atoms with E-state index in [-0.39, 0.29) is 12.3 Å². The van der Waals surface area contributed by atoms with Gasteiger partial charge >= 0.3 is 0 Å². The topological polar surface area (TPSA) is 68.5 Å². The fourth-order valence-electron chi connectivity index (χ4n) is 2.16. The van der Waals surface area contributed by atoms with Gasteiger partial charge in [-0.3, -0.25) is 0 Å². The molecule has 0 unspecified atom stereocenters. The number of nitrogens with one attached hydrogen (secondary N) is 1. The lowest BCUT2D eigenvalue weighted by Gasteiger charge is -2.07. The Balaban J connectivity index is 1.89. The number of benzene rings is 1. The van der Waals surface area contributed by atoms with E-state index in [2.05, 4.69) is 4.72 Å². The maximum absolute atomic E-state index is 12.1. The predicted molar refractivity (Wildman–Crippen MR) is 85.5 cm³/mol. The summed E-state index contributed by atoms with van der Waals surface area (Å²) < 4.78 is 37.2. The van der Waals surface area contributed by atoms with Crippen molar-refractivity contribution in [3.05, 3.63) is 53.0 Å². The van der Waals surface area contributed by atoms with Crippen molar-refractivity contribution in [3.8, 4) is 5.75 Å². The first-order valence-electron chi connectivity index (χ1n) is 7.06. The number of furan rings is 1. The highest BCUT2D eigenvalue weighted by Gasteiger charge is 2.12. The number of sulfonamides is 1. The van der Waals surface area contributed by atoms with Crippen LogP contribution in [0.1, 0.15) is 22.6 Å². The molecule has 1 N–H and O–H groups in total. The number of methoxy groups -OCH3 is 1. The summed E-state index contributed by atoms with van der Waals surface area (Å²) in [6, 6.07) is 9.25. The molecule has 0 bridgehead atoms. The third-order valence-electron chi connectivity index (χ3n) is 3.44. The first-order valence-corrected chi connectivity index (χ1v) is 8.71. The average Bonchev–Trinajstić information content (AvgIpc) is 2.82. The van der Waals surface area contributed by atoms with Gasteiger partial charge < -0.3 is 9.15 Å². The van der Waals surface area contributed by atoms with E-state index in [0.29, 0.717) is 6.42 Å². The maximum Gasteiger partial charge on any atom is 0.212 e. The normalized spacial score (nSPS) is 11.6. The average molecular weight is 323 g/mol. The minimum absolute atomic E-state index is 0.0508. The molecule has 2 aromatic rings. The lowest BCUT2D eigenvalue weighted by molar-refractivity contribution is 0.414. The quantitative estimate of drug-likeness (QED) is 0.850. The Labute approximate surface area is 131 Å². The molecule has 120 valence electrons. The number of hydrogen-bond donors (Lipinski definition) is 1. The van der Waals surface area contributed by atoms with Gasteiger partial charge in [0.15, 0.2) is 0 Å². The molecule has 0 fully saturated rings. The van der Waals surface area contributed by atoms with E-state index in [0.717, 1.165) is 28.4 Å². The fourth-order valence-corrected chi connectivity index (χ4v) is 3.19. The van der Waals surface area contributed by atoms with Gasteiger partial charge in [-0.2, -0.15) is 0 Å². The zero-order chi connectivity index (χ0) is 16.2. The first kappa shape index (κ1) is 16.6. The summed E-state index contributed by atoms with van der Waals surface area (Å²) >= 11 is 0. The van der Waals surface area contributed by atoms with Gasteiger partial charge in [0.2, 0.25) is 10.0 Å². The van der Waals surface area contributed by atoms with Crippen LogP contribution in [-0.2, 0) is 23.0 Å². The van der Waals surface area contributed by atoms with Gasteiger partial charge in [-0.05, 0) is 44.0 Å². The monoisotopic (exact) mass is 323 g/mol. The third-order valence-corrected chi connectivity index (χ3v) is 4.77. The van der Waals surface area contributed by atoms with E-state index in [4.69, 9.17) is 9.15 Å². The second-order valence-corrected chi connectivity index (χ2v) is 7.10. The van der Waals surface area contributed by atoms with Crippen molar-refractivity contribution in [1.29, 1.82) is 0 Å². The lowest BCUT2D eigenvalue weighted by Crippen LogP contribution is -2.26. The molecular formula is C16H21NO4S. The van der Waals surface area contributed by atoms with E-state index in [9.17, 15) is 8.42 Å². The molecule has 22 heavy (non-hydrogen) atoms. The number of aryl methyl sites for hydroxylation is 3. The Morgan fingerprint density at radius 3 is 2.41 bits per heavy atom. The van der Waals surface area contributed by atoms with Gasteiger partial charge in [0.05, 0.1) is 12.9 Å². The van der Waals surface area contributed by atoms with Crippen LogP contribution in [0.15, 0.2) is 34.7 Å². The molecule has 6 heteroatoms. The summed E-state index contributed by atoms with van der Waals surface area (Å²) in [5.74, 6) is 2.34. The van der Waals surface area contributed by atoms with Gasteiger partial charge in [-0.1, -0.05) is 12.1 Å². The molecule has 1 aromatic heterocycles. The van der Waals surface area contributed by atoms with Crippen molar-refractivity contribution in [2.75, 3.05) is 12.9 Å². The molecule has 0 spiro atoms. The molecule has 0 amide bonds. The summed E-state index contributed by atoms with van der Waals surface area (Å²) in [6.45, 7) is 3.93. The van der Waals surface area contributed by atoms with Crippen LogP contribution in [0, 0.1) is 13.8 Å². The highest BCUT2D eigenvalue weighted by atomic mass is 32.2. The highest BCUT2D eigenvalue weighted by Crippen LogP contribution is 2.14. The predicted octanol–water partition coefficient (Wildman–Crippen LogP) is 2.57. The second kappa shape index (κ2) is 6.98. The Bertz CT molecular complexity index is 717. The smallest absolute Gasteiger partial charge is 0.212 e. The summed E-state index contributed by atoms with van der Waals surface area (Å²) in [4.78, 5) is 0. The SMILES string of the molecule is COc1ccc(CCS(=O)(=O)NCc2cc(C)oc2C)cc1. The molecule has 0 aliphatic carbocycles. The van der Waals surface area contributed by atoms with E-state index in [1.807, 2.05) is 44.2 Å². The number of rotatable bonds is 7. The first-order chi connectivity index (χ1) is 10.4. The molecule has 1 aromatic carbocycles. The van der Waals surface area contributed by atoms with Gasteiger partial charge in [0.1, 0.15) is 17.3 Å². The summed E-state index contributed by atoms with van der Waals surface area (Å²) in [5, 5.41) is 0. The molecule has 0 saturated carbocycles. The van der Waals surface area contributed by atoms with Crippen molar-refractivity contribution in [2.45, 2.75) is 26.8 Å². The molecule has 0 aliphatic heterocycles. The van der Waals surface area contributed by atoms with Gasteiger partial charge in [0.25, 0.3) is 0 Å². The fraction of sp³-hybridized carbons (Fsp3) is 0.375. The maximum atomic E-state index is 12.1. The van der Waals surface area contributed by atoms with Crippen molar-refractivity contribution in [2.24, 2.45) is 0 Å². The van der Waals surface area contributed by atoms with Gasteiger partial charge in [0, 0.05) is 12.1 Å². The number of ether oxygens (including phenoxy) is 1. The molecule has 2 rings (SSSR count). The largest absolute Gasteiger partial charge is 0.497 e. The van der Waals surface area contributed by atoms with Crippen LogP contribution in [0.3, 0.4) is 0 Å². The lowest BCUT2D eigenvalue weighted by atomic mass is 10.2. The van der Waals surface area contributed by atoms with E-state index < -0.39 is 10.0 Å². The summed E-state index contributed by atoms with van der Waals surface area (Å²) in [5.41, 5.74) is 1.83. The number of hydrogen-bond acceptors (Lipinski definition) is 4. The van der Waals surface area contributed by atoms with Crippen LogP contribution in [-0.4, -0.2) is 21.3 Å². The zero-order valence-corrected chi connectivity index (χ0v) is 13.9. The van der Waals surface area contributed by atoms with Crippen LogP contribution in [0.5, 0.6) is 5.75 Å². The Morgan fingerprint density at radius 1 is 1.18 bits per heavy atom. The Kier molecular flexibility index (Phi) is 5.26. The van der Waals surface area contributed by atoms with Crippen molar-refractivity contribution >= 4 is 10.0 Å². The minimum atomic E-state index is -3.32. The molecule has 0 radical (unpaired) electrons. The summed E-state index contributed by atoms with van der Waals surface area (Å²) in [7, 11) is -1.72. The minimum Gasteiger partial charge on any atom is -0.497 e. The van der Waals surface area contributed by atoms with E-state index >= 15 is 0 Å².